The number of unbranched alkanes of at least 4 members (excludes halogenated alkanes) is 14. The van der Waals surface area contributed by atoms with E-state index in [9.17, 15) is 4.79 Å². The van der Waals surface area contributed by atoms with Crippen LogP contribution in [0.4, 0.5) is 0 Å². The van der Waals surface area contributed by atoms with Gasteiger partial charge in [0.1, 0.15) is 17.6 Å². The first kappa shape index (κ1) is 43.5. The molecule has 312 valence electrons. The number of nitrogens with zero attached hydrogens (tertiary/aromatic N) is 1. The van der Waals surface area contributed by atoms with Crippen molar-refractivity contribution in [1.82, 2.24) is 0 Å². The molecule has 0 aromatic heterocycles. The molecule has 6 rings (SSSR count). The third kappa shape index (κ3) is 12.2. The van der Waals surface area contributed by atoms with Gasteiger partial charge in [-0.15, -0.1) is 6.58 Å². The van der Waals surface area contributed by atoms with Gasteiger partial charge in [-0.05, 0) is 147 Å². The Morgan fingerprint density at radius 2 is 1.31 bits per heavy atom. The van der Waals surface area contributed by atoms with Crippen LogP contribution in [0.15, 0.2) is 79.4 Å². The van der Waals surface area contributed by atoms with Crippen LogP contribution in [-0.4, -0.2) is 25.3 Å². The number of carbonyl (C=O) groups is 1. The van der Waals surface area contributed by atoms with Crippen LogP contribution in [0, 0.1) is 28.6 Å². The molecule has 0 radical (unpaired) electrons. The van der Waals surface area contributed by atoms with E-state index in [1.165, 1.54) is 95.5 Å². The molecule has 3 aliphatic rings. The van der Waals surface area contributed by atoms with E-state index in [2.05, 4.69) is 49.9 Å². The van der Waals surface area contributed by atoms with Crippen LogP contribution in [0.5, 0.6) is 11.5 Å². The fourth-order valence-electron chi connectivity index (χ4n) is 10.6. The van der Waals surface area contributed by atoms with Crippen molar-refractivity contribution in [3.63, 3.8) is 0 Å². The predicted molar refractivity (Wildman–Crippen MR) is 237 cm³/mol. The number of fused-ring (bicyclic) bond motifs is 5. The summed E-state index contributed by atoms with van der Waals surface area (Å²) in [5, 5.41) is 9.01. The third-order valence-corrected chi connectivity index (χ3v) is 14.0. The number of aryl methyl sites for hydroxylation is 1. The zero-order chi connectivity index (χ0) is 40.4. The van der Waals surface area contributed by atoms with Gasteiger partial charge in [-0.2, -0.15) is 5.26 Å². The molecule has 0 saturated heterocycles. The summed E-state index contributed by atoms with van der Waals surface area (Å²) in [6, 6.07) is 25.0. The second kappa shape index (κ2) is 22.9. The van der Waals surface area contributed by atoms with Crippen LogP contribution in [0.25, 0.3) is 11.1 Å². The lowest BCUT2D eigenvalue weighted by Gasteiger charge is -2.50. The van der Waals surface area contributed by atoms with Crippen molar-refractivity contribution in [1.29, 1.82) is 5.26 Å². The average molecular weight is 786 g/mol. The summed E-state index contributed by atoms with van der Waals surface area (Å²) in [6.07, 6.45) is 29.0. The molecule has 0 aliphatic heterocycles. The van der Waals surface area contributed by atoms with Gasteiger partial charge < -0.3 is 14.2 Å². The van der Waals surface area contributed by atoms with E-state index in [4.69, 9.17) is 19.5 Å². The second-order valence-electron chi connectivity index (χ2n) is 17.9. The minimum absolute atomic E-state index is 0.0265. The van der Waals surface area contributed by atoms with Gasteiger partial charge >= 0.3 is 5.97 Å². The van der Waals surface area contributed by atoms with E-state index >= 15 is 0 Å². The molecular formula is C53H71NO4. The topological polar surface area (TPSA) is 68.6 Å². The first-order chi connectivity index (χ1) is 28.5. The number of esters is 1. The fraction of sp³-hybridized carbons (Fsp3) is 0.585. The molecule has 0 spiro atoms. The molecule has 5 atom stereocenters. The Labute approximate surface area is 351 Å². The molecule has 3 aromatic rings. The Balaban J connectivity index is 0.798. The van der Waals surface area contributed by atoms with Gasteiger partial charge in [0.05, 0.1) is 24.8 Å². The van der Waals surface area contributed by atoms with Crippen molar-refractivity contribution >= 4 is 5.97 Å². The van der Waals surface area contributed by atoms with Gasteiger partial charge in [0.25, 0.3) is 0 Å². The summed E-state index contributed by atoms with van der Waals surface area (Å²) in [5.74, 6) is 3.96. The standard InChI is InChI=1S/C53H71NO4/c1-3-4-5-6-7-9-12-16-19-38-57-46-30-32-47-44(39-46)27-31-49-48(47)35-36-53(2)50(49)33-34-51(53)58-52(55)20-17-14-11-8-10-13-15-18-37-56-45-28-25-43(26-29-45)42-23-21-41(40-54)22-24-42/h3,21-26,28-30,32,39,48-51H,1,4-20,27,31,33-38H2,2H3/t48-,49-,50+,51+,53+/m1/s1. The first-order valence-corrected chi connectivity index (χ1v) is 23.3. The van der Waals surface area contributed by atoms with Gasteiger partial charge in [0.15, 0.2) is 0 Å². The molecular weight excluding hydrogens is 715 g/mol. The van der Waals surface area contributed by atoms with Crippen LogP contribution in [-0.2, 0) is 16.0 Å². The maximum Gasteiger partial charge on any atom is 0.306 e. The summed E-state index contributed by atoms with van der Waals surface area (Å²) in [6.45, 7) is 7.82. The van der Waals surface area contributed by atoms with Crippen molar-refractivity contribution in [3.05, 3.63) is 96.1 Å². The SMILES string of the molecule is C=CCCCCCCCCCOc1ccc2c(c1)CC[C@@H]1[C@@H]2CC[C@]2(C)[C@@H](OC(=O)CCCCCCCCCCOc3ccc(-c4ccc(C#N)cc4)cc3)CC[C@@H]12. The Morgan fingerprint density at radius 3 is 1.97 bits per heavy atom. The van der Waals surface area contributed by atoms with E-state index in [1.54, 1.807) is 5.56 Å². The molecule has 5 heteroatoms. The summed E-state index contributed by atoms with van der Waals surface area (Å²) in [5.41, 5.74) is 6.09. The Kier molecular flexibility index (Phi) is 17.2. The van der Waals surface area contributed by atoms with E-state index in [0.29, 0.717) is 29.7 Å². The molecule has 0 N–H and O–H groups in total. The molecule has 3 aromatic carbocycles. The Bertz CT molecular complexity index is 1740. The van der Waals surface area contributed by atoms with Crippen molar-refractivity contribution in [2.75, 3.05) is 13.2 Å². The number of carbonyl (C=O) groups excluding carboxylic acids is 1. The molecule has 0 bridgehead atoms. The number of benzene rings is 3. The minimum Gasteiger partial charge on any atom is -0.494 e. The van der Waals surface area contributed by atoms with Gasteiger partial charge in [0.2, 0.25) is 0 Å². The van der Waals surface area contributed by atoms with E-state index < -0.39 is 0 Å². The normalized spacial score (nSPS) is 21.9. The molecule has 0 amide bonds. The quantitative estimate of drug-likeness (QED) is 0.0486. The maximum atomic E-state index is 13.1. The predicted octanol–water partition coefficient (Wildman–Crippen LogP) is 14.3. The summed E-state index contributed by atoms with van der Waals surface area (Å²) in [4.78, 5) is 13.1. The highest BCUT2D eigenvalue weighted by Crippen LogP contribution is 2.61. The molecule has 0 heterocycles. The van der Waals surface area contributed by atoms with Crippen molar-refractivity contribution in [2.24, 2.45) is 17.3 Å². The monoisotopic (exact) mass is 786 g/mol. The highest BCUT2D eigenvalue weighted by molar-refractivity contribution is 5.69. The van der Waals surface area contributed by atoms with Crippen molar-refractivity contribution in [2.45, 2.75) is 167 Å². The van der Waals surface area contributed by atoms with Gasteiger partial charge in [-0.3, -0.25) is 4.79 Å². The minimum atomic E-state index is 0.0265. The number of allylic oxidation sites excluding steroid dienone is 1. The molecule has 5 nitrogen and oxygen atoms in total. The summed E-state index contributed by atoms with van der Waals surface area (Å²) in [7, 11) is 0. The van der Waals surface area contributed by atoms with Gasteiger partial charge in [-0.25, -0.2) is 0 Å². The van der Waals surface area contributed by atoms with Crippen molar-refractivity contribution in [3.8, 4) is 28.7 Å². The molecule has 0 unspecified atom stereocenters. The number of nitriles is 1. The number of rotatable bonds is 25. The maximum absolute atomic E-state index is 13.1. The van der Waals surface area contributed by atoms with Gasteiger partial charge in [-0.1, -0.05) is 114 Å². The highest BCUT2D eigenvalue weighted by Gasteiger charge is 2.56. The zero-order valence-electron chi connectivity index (χ0n) is 35.7. The second-order valence-corrected chi connectivity index (χ2v) is 17.9. The van der Waals surface area contributed by atoms with Crippen LogP contribution in [0.2, 0.25) is 0 Å². The van der Waals surface area contributed by atoms with Gasteiger partial charge in [0, 0.05) is 11.8 Å². The highest BCUT2D eigenvalue weighted by atomic mass is 16.5. The van der Waals surface area contributed by atoms with Crippen LogP contribution in [0.1, 0.15) is 171 Å². The zero-order valence-corrected chi connectivity index (χ0v) is 35.7. The summed E-state index contributed by atoms with van der Waals surface area (Å²) < 4.78 is 18.5. The lowest BCUT2D eigenvalue weighted by Crippen LogP contribution is -2.45. The molecule has 58 heavy (non-hydrogen) atoms. The number of hydrogen-bond acceptors (Lipinski definition) is 5. The fourth-order valence-corrected chi connectivity index (χ4v) is 10.6. The Hall–Kier alpha value is -4.04. The van der Waals surface area contributed by atoms with Crippen LogP contribution < -0.4 is 9.47 Å². The lowest BCUT2D eigenvalue weighted by atomic mass is 9.55. The molecule has 2 saturated carbocycles. The Morgan fingerprint density at radius 1 is 0.724 bits per heavy atom. The van der Waals surface area contributed by atoms with E-state index in [-0.39, 0.29) is 17.5 Å². The van der Waals surface area contributed by atoms with Crippen LogP contribution in [0.3, 0.4) is 0 Å². The number of ether oxygens (including phenoxy) is 3. The molecule has 3 aliphatic carbocycles. The largest absolute Gasteiger partial charge is 0.494 e. The summed E-state index contributed by atoms with van der Waals surface area (Å²) >= 11 is 0. The number of hydrogen-bond donors (Lipinski definition) is 0. The van der Waals surface area contributed by atoms with Crippen LogP contribution >= 0.6 is 0 Å². The first-order valence-electron chi connectivity index (χ1n) is 23.3. The van der Waals surface area contributed by atoms with Crippen molar-refractivity contribution < 1.29 is 19.0 Å². The van der Waals surface area contributed by atoms with E-state index in [1.807, 2.05) is 42.5 Å². The van der Waals surface area contributed by atoms with E-state index in [0.717, 1.165) is 87.2 Å². The average Bonchev–Trinajstić information content (AvgIpc) is 3.58. The molecule has 2 fully saturated rings. The third-order valence-electron chi connectivity index (χ3n) is 14.0. The smallest absolute Gasteiger partial charge is 0.306 e. The lowest BCUT2D eigenvalue weighted by molar-refractivity contribution is -0.157.